The van der Waals surface area contributed by atoms with Gasteiger partial charge in [0.15, 0.2) is 6.29 Å². The zero-order chi connectivity index (χ0) is 31.5. The van der Waals surface area contributed by atoms with E-state index in [9.17, 15) is 13.6 Å². The van der Waals surface area contributed by atoms with Crippen LogP contribution in [0.15, 0.2) is 54.8 Å². The maximum Gasteiger partial charge on any atom is 0.262 e. The number of halogens is 3. The molecule has 2 aromatic carbocycles. The molecule has 0 radical (unpaired) electrons. The van der Waals surface area contributed by atoms with Gasteiger partial charge in [-0.25, -0.2) is 24.6 Å². The summed E-state index contributed by atoms with van der Waals surface area (Å²) in [5.41, 5.74) is 8.19. The normalized spacial score (nSPS) is 15.5. The zero-order valence-electron chi connectivity index (χ0n) is 25.0. The van der Waals surface area contributed by atoms with Gasteiger partial charge in [0.25, 0.3) is 6.43 Å². The van der Waals surface area contributed by atoms with Gasteiger partial charge in [-0.15, -0.1) is 0 Å². The van der Waals surface area contributed by atoms with Crippen molar-refractivity contribution in [2.24, 2.45) is 17.0 Å². The molecule has 0 amide bonds. The van der Waals surface area contributed by atoms with Gasteiger partial charge in [0, 0.05) is 43.5 Å². The van der Waals surface area contributed by atoms with Crippen molar-refractivity contribution in [2.45, 2.75) is 51.6 Å². The molecule has 12 heteroatoms. The van der Waals surface area contributed by atoms with E-state index in [-0.39, 0.29) is 24.0 Å². The monoisotopic (exact) mass is 612 g/mol. The molecule has 1 heterocycles. The summed E-state index contributed by atoms with van der Waals surface area (Å²) in [4.78, 5) is 22.7. The number of nitrogens with two attached hydrogens (primary N) is 2. The number of nitrogens with zero attached hydrogens (tertiary/aromatic N) is 4. The molecular weight excluding hydrogens is 574 g/mol. The number of fused-ring (bicyclic) bond motifs is 1. The van der Waals surface area contributed by atoms with Gasteiger partial charge >= 0.3 is 0 Å². The maximum atomic E-state index is 13.9. The van der Waals surface area contributed by atoms with E-state index < -0.39 is 18.0 Å². The summed E-state index contributed by atoms with van der Waals surface area (Å²) in [6.45, 7) is 6.99. The first-order valence-corrected chi connectivity index (χ1v) is 14.3. The van der Waals surface area contributed by atoms with E-state index in [1.54, 1.807) is 24.3 Å². The van der Waals surface area contributed by atoms with Crippen LogP contribution in [0.1, 0.15) is 61.1 Å². The Morgan fingerprint density at radius 2 is 1.93 bits per heavy atom. The van der Waals surface area contributed by atoms with Crippen molar-refractivity contribution < 1.29 is 13.6 Å². The third-order valence-electron chi connectivity index (χ3n) is 7.24. The quantitative estimate of drug-likeness (QED) is 0.110. The van der Waals surface area contributed by atoms with Gasteiger partial charge in [-0.3, -0.25) is 4.79 Å². The third kappa shape index (κ3) is 7.34. The van der Waals surface area contributed by atoms with Gasteiger partial charge in [0.1, 0.15) is 17.7 Å². The Morgan fingerprint density at radius 1 is 1.21 bits per heavy atom. The maximum absolute atomic E-state index is 13.9. The van der Waals surface area contributed by atoms with Crippen molar-refractivity contribution in [1.82, 2.24) is 19.9 Å². The molecule has 0 aliphatic heterocycles. The first kappa shape index (κ1) is 32.0. The van der Waals surface area contributed by atoms with Crippen LogP contribution in [-0.2, 0) is 0 Å². The highest BCUT2D eigenvalue weighted by atomic mass is 35.5. The molecule has 230 valence electrons. The fourth-order valence-corrected chi connectivity index (χ4v) is 4.93. The number of aromatic nitrogens is 2. The predicted molar refractivity (Wildman–Crippen MR) is 170 cm³/mol. The summed E-state index contributed by atoms with van der Waals surface area (Å²) in [5.74, 6) is 6.77. The zero-order valence-corrected chi connectivity index (χ0v) is 25.8. The van der Waals surface area contributed by atoms with Gasteiger partial charge in [-0.05, 0) is 53.8 Å². The van der Waals surface area contributed by atoms with E-state index in [2.05, 4.69) is 41.4 Å². The Balaban J connectivity index is 1.85. The number of aldehydes is 1. The Bertz CT molecular complexity index is 1530. The largest absolute Gasteiger partial charge is 0.399 e. The number of carbonyl (C=O) groups excluding carboxylic acids is 1. The van der Waals surface area contributed by atoms with Crippen molar-refractivity contribution in [1.29, 1.82) is 0 Å². The molecule has 1 atom stereocenters. The minimum atomic E-state index is -2.64. The van der Waals surface area contributed by atoms with Crippen LogP contribution in [-0.4, -0.2) is 58.8 Å². The molecule has 4 rings (SSSR count). The van der Waals surface area contributed by atoms with Gasteiger partial charge in [-0.2, -0.15) is 0 Å². The molecule has 1 aliphatic carbocycles. The third-order valence-corrected chi connectivity index (χ3v) is 7.53. The summed E-state index contributed by atoms with van der Waals surface area (Å²) < 4.78 is 27.7. The number of anilines is 2. The molecule has 1 fully saturated rings. The highest BCUT2D eigenvalue weighted by Gasteiger charge is 2.54. The average Bonchev–Trinajstić information content (AvgIpc) is 3.76. The van der Waals surface area contributed by atoms with Crippen molar-refractivity contribution >= 4 is 46.4 Å². The summed E-state index contributed by atoms with van der Waals surface area (Å²) in [7, 11) is 3.72. The molecule has 9 nitrogen and oxygen atoms in total. The van der Waals surface area contributed by atoms with Gasteiger partial charge in [0.2, 0.25) is 0 Å². The van der Waals surface area contributed by atoms with E-state index in [0.717, 1.165) is 11.3 Å². The average molecular weight is 613 g/mol. The summed E-state index contributed by atoms with van der Waals surface area (Å²) in [6, 6.07) is 8.05. The highest BCUT2D eigenvalue weighted by Crippen LogP contribution is 2.46. The lowest BCUT2D eigenvalue weighted by atomic mass is 9.94. The molecular formula is C31H39ClF2N8O. The van der Waals surface area contributed by atoms with Crippen molar-refractivity contribution in [3.8, 4) is 0 Å². The number of rotatable bonds is 12. The second-order valence-corrected chi connectivity index (χ2v) is 12.7. The van der Waals surface area contributed by atoms with Crippen LogP contribution in [0.5, 0.6) is 0 Å². The van der Waals surface area contributed by atoms with Gasteiger partial charge in [-0.1, -0.05) is 50.6 Å². The molecule has 1 aliphatic rings. The molecule has 0 bridgehead atoms. The van der Waals surface area contributed by atoms with Crippen molar-refractivity contribution in [3.63, 3.8) is 0 Å². The SMILES string of the molecule is CN(C)/C=C\c1c(C=O)cccc1C(Nc1cc(Cl)c2ncnc(NCC(C)(C)C)c2c1)/C(N)=C/N(N)C1(C(F)F)CC1. The molecule has 43 heavy (non-hydrogen) atoms. The summed E-state index contributed by atoms with van der Waals surface area (Å²) in [6.07, 6.45) is 5.05. The van der Waals surface area contributed by atoms with E-state index in [0.29, 0.717) is 50.7 Å². The van der Waals surface area contributed by atoms with Crippen molar-refractivity contribution in [3.05, 3.63) is 76.5 Å². The van der Waals surface area contributed by atoms with Crippen molar-refractivity contribution in [2.75, 3.05) is 31.3 Å². The molecule has 6 N–H and O–H groups in total. The Labute approximate surface area is 255 Å². The molecule has 1 unspecified atom stereocenters. The standard InChI is InChI=1S/C31H39ClF2N8O/c1-30(2,3)17-37-28-23-13-20(14-24(32)26(23)38-18-39-28)40-27(25(35)15-42(36)31(10-11-31)29(33)34)22-8-6-7-19(16-43)21(22)9-12-41(4)5/h6-9,12-16,18,27,29,40H,10-11,17,35-36H2,1-5H3,(H,37,38,39)/b12-9-,25-15-. The lowest BCUT2D eigenvalue weighted by Gasteiger charge is -2.29. The Morgan fingerprint density at radius 3 is 2.53 bits per heavy atom. The minimum absolute atomic E-state index is 0.00735. The van der Waals surface area contributed by atoms with Crippen LogP contribution in [0.2, 0.25) is 5.02 Å². The number of hydrogen-bond donors (Lipinski definition) is 4. The molecule has 0 spiro atoms. The fourth-order valence-electron chi connectivity index (χ4n) is 4.66. The second-order valence-electron chi connectivity index (χ2n) is 12.3. The van der Waals surface area contributed by atoms with Crippen LogP contribution >= 0.6 is 11.6 Å². The van der Waals surface area contributed by atoms with Crippen LogP contribution in [0.25, 0.3) is 17.0 Å². The number of hydrazine groups is 1. The predicted octanol–water partition coefficient (Wildman–Crippen LogP) is 6.01. The van der Waals surface area contributed by atoms with Crippen LogP contribution in [0, 0.1) is 5.41 Å². The highest BCUT2D eigenvalue weighted by molar-refractivity contribution is 6.35. The lowest BCUT2D eigenvalue weighted by molar-refractivity contribution is 0.0305. The number of carbonyl (C=O) groups is 1. The van der Waals surface area contributed by atoms with Crippen LogP contribution < -0.4 is 22.2 Å². The molecule has 3 aromatic rings. The van der Waals surface area contributed by atoms with Gasteiger partial charge < -0.3 is 26.3 Å². The van der Waals surface area contributed by atoms with Crippen LogP contribution in [0.4, 0.5) is 20.3 Å². The van der Waals surface area contributed by atoms with E-state index in [1.807, 2.05) is 37.3 Å². The smallest absolute Gasteiger partial charge is 0.262 e. The lowest BCUT2D eigenvalue weighted by Crippen LogP contribution is -2.44. The molecule has 0 saturated heterocycles. The number of nitrogens with one attached hydrogen (secondary N) is 2. The first-order valence-electron chi connectivity index (χ1n) is 13.9. The van der Waals surface area contributed by atoms with E-state index >= 15 is 0 Å². The number of benzene rings is 2. The molecule has 1 saturated carbocycles. The Hall–Kier alpha value is -3.96. The van der Waals surface area contributed by atoms with Gasteiger partial charge in [0.05, 0.1) is 22.3 Å². The topological polar surface area (TPSA) is 125 Å². The van der Waals surface area contributed by atoms with E-state index in [1.165, 1.54) is 12.5 Å². The fraction of sp³-hybridized carbons (Fsp3) is 0.387. The Kier molecular flexibility index (Phi) is 9.46. The minimum Gasteiger partial charge on any atom is -0.399 e. The van der Waals surface area contributed by atoms with E-state index in [4.69, 9.17) is 23.2 Å². The summed E-state index contributed by atoms with van der Waals surface area (Å²) in [5, 5.41) is 8.88. The number of hydrogen-bond acceptors (Lipinski definition) is 9. The molecule has 1 aromatic heterocycles. The summed E-state index contributed by atoms with van der Waals surface area (Å²) >= 11 is 6.71. The van der Waals surface area contributed by atoms with Crippen LogP contribution in [0.3, 0.4) is 0 Å². The second kappa shape index (κ2) is 12.7. The number of alkyl halides is 2. The first-order chi connectivity index (χ1) is 20.3.